The van der Waals surface area contributed by atoms with Crippen LogP contribution in [0.2, 0.25) is 0 Å². The lowest BCUT2D eigenvalue weighted by Gasteiger charge is -2.37. The van der Waals surface area contributed by atoms with Gasteiger partial charge in [-0.05, 0) is 51.7 Å². The molecule has 0 radical (unpaired) electrons. The summed E-state index contributed by atoms with van der Waals surface area (Å²) in [6, 6.07) is 4.26. The van der Waals surface area contributed by atoms with Crippen LogP contribution in [0.3, 0.4) is 0 Å². The third kappa shape index (κ3) is 4.94. The second-order valence-electron chi connectivity index (χ2n) is 8.63. The van der Waals surface area contributed by atoms with E-state index in [2.05, 4.69) is 16.0 Å². The Balaban J connectivity index is 1.59. The summed E-state index contributed by atoms with van der Waals surface area (Å²) in [4.78, 5) is 34.7. The minimum absolute atomic E-state index is 0.132. The number of piperazine rings is 1. The second-order valence-corrected chi connectivity index (χ2v) is 8.63. The summed E-state index contributed by atoms with van der Waals surface area (Å²) in [6.45, 7) is 10.8. The van der Waals surface area contributed by atoms with Crippen LogP contribution in [0.5, 0.6) is 0 Å². The third-order valence-electron chi connectivity index (χ3n) is 5.32. The van der Waals surface area contributed by atoms with E-state index >= 15 is 0 Å². The molecule has 1 aromatic heterocycles. The van der Waals surface area contributed by atoms with Crippen molar-refractivity contribution in [3.63, 3.8) is 0 Å². The number of anilines is 1. The van der Waals surface area contributed by atoms with Gasteiger partial charge in [0.1, 0.15) is 11.4 Å². The molecule has 2 amide bonds. The van der Waals surface area contributed by atoms with Gasteiger partial charge in [0.15, 0.2) is 0 Å². The summed E-state index contributed by atoms with van der Waals surface area (Å²) in [6.07, 6.45) is 4.86. The lowest BCUT2D eigenvalue weighted by Crippen LogP contribution is -2.50. The number of likely N-dealkylation sites (tertiary alicyclic amines) is 1. The highest BCUT2D eigenvalue weighted by Crippen LogP contribution is 2.31. The van der Waals surface area contributed by atoms with Crippen molar-refractivity contribution in [3.05, 3.63) is 23.9 Å². The molecule has 2 aliphatic heterocycles. The first-order valence-corrected chi connectivity index (χ1v) is 10.2. The van der Waals surface area contributed by atoms with Gasteiger partial charge < -0.3 is 19.4 Å². The first-order valence-electron chi connectivity index (χ1n) is 10.2. The molecule has 7 nitrogen and oxygen atoms in total. The maximum absolute atomic E-state index is 12.2. The van der Waals surface area contributed by atoms with Crippen molar-refractivity contribution in [2.75, 3.05) is 37.6 Å². The van der Waals surface area contributed by atoms with Crippen molar-refractivity contribution in [2.24, 2.45) is 0 Å². The lowest BCUT2D eigenvalue weighted by atomic mass is 9.96. The highest BCUT2D eigenvalue weighted by atomic mass is 16.6. The SMILES string of the molecule is CC(=O)N1CCCC[C@H]1c1ccc(N2CCN(C(=O)OC(C)(C)C)CC2)nc1. The fourth-order valence-electron chi connectivity index (χ4n) is 3.88. The number of aromatic nitrogens is 1. The van der Waals surface area contributed by atoms with Crippen LogP contribution in [-0.4, -0.2) is 65.1 Å². The number of carbonyl (C=O) groups is 2. The molecule has 0 unspecified atom stereocenters. The fourth-order valence-corrected chi connectivity index (χ4v) is 3.88. The molecule has 7 heteroatoms. The molecule has 2 aliphatic rings. The zero-order chi connectivity index (χ0) is 20.3. The normalized spacial score (nSPS) is 20.9. The van der Waals surface area contributed by atoms with E-state index in [-0.39, 0.29) is 18.0 Å². The number of rotatable bonds is 2. The predicted octanol–water partition coefficient (Wildman–Crippen LogP) is 3.21. The number of piperidine rings is 1. The van der Waals surface area contributed by atoms with Crippen LogP contribution in [-0.2, 0) is 9.53 Å². The number of hydrogen-bond donors (Lipinski definition) is 0. The molecular formula is C21H32N4O3. The van der Waals surface area contributed by atoms with Crippen molar-refractivity contribution in [1.29, 1.82) is 0 Å². The van der Waals surface area contributed by atoms with Crippen molar-refractivity contribution < 1.29 is 14.3 Å². The molecule has 0 aromatic carbocycles. The maximum atomic E-state index is 12.2. The largest absolute Gasteiger partial charge is 0.444 e. The van der Waals surface area contributed by atoms with E-state index in [0.717, 1.165) is 50.3 Å². The Labute approximate surface area is 167 Å². The van der Waals surface area contributed by atoms with Crippen LogP contribution in [0.25, 0.3) is 0 Å². The average Bonchev–Trinajstić information content (AvgIpc) is 2.67. The van der Waals surface area contributed by atoms with Crippen LogP contribution in [0, 0.1) is 0 Å². The Morgan fingerprint density at radius 1 is 1.07 bits per heavy atom. The first kappa shape index (κ1) is 20.4. The monoisotopic (exact) mass is 388 g/mol. The summed E-state index contributed by atoms with van der Waals surface area (Å²) >= 11 is 0. The average molecular weight is 389 g/mol. The number of nitrogens with zero attached hydrogens (tertiary/aromatic N) is 4. The molecular weight excluding hydrogens is 356 g/mol. The summed E-state index contributed by atoms with van der Waals surface area (Å²) < 4.78 is 5.45. The Morgan fingerprint density at radius 2 is 1.79 bits per heavy atom. The van der Waals surface area contributed by atoms with Gasteiger partial charge in [-0.3, -0.25) is 4.79 Å². The van der Waals surface area contributed by atoms with E-state index in [0.29, 0.717) is 13.1 Å². The molecule has 0 spiro atoms. The predicted molar refractivity (Wildman–Crippen MR) is 108 cm³/mol. The highest BCUT2D eigenvalue weighted by molar-refractivity contribution is 5.74. The van der Waals surface area contributed by atoms with Crippen molar-refractivity contribution in [2.45, 2.75) is 58.6 Å². The first-order chi connectivity index (χ1) is 13.2. The van der Waals surface area contributed by atoms with Crippen LogP contribution in [0.1, 0.15) is 58.6 Å². The molecule has 0 saturated carbocycles. The summed E-state index contributed by atoms with van der Waals surface area (Å²) in [5.74, 6) is 1.05. The summed E-state index contributed by atoms with van der Waals surface area (Å²) in [7, 11) is 0. The second kappa shape index (κ2) is 8.37. The number of hydrogen-bond acceptors (Lipinski definition) is 5. The van der Waals surface area contributed by atoms with Gasteiger partial charge in [-0.2, -0.15) is 0 Å². The van der Waals surface area contributed by atoms with Gasteiger partial charge in [0.2, 0.25) is 5.91 Å². The molecule has 1 aromatic rings. The van der Waals surface area contributed by atoms with Crippen LogP contribution >= 0.6 is 0 Å². The molecule has 0 aliphatic carbocycles. The van der Waals surface area contributed by atoms with E-state index in [9.17, 15) is 9.59 Å². The molecule has 154 valence electrons. The molecule has 2 saturated heterocycles. The molecule has 3 rings (SSSR count). The lowest BCUT2D eigenvalue weighted by molar-refractivity contribution is -0.132. The standard InChI is InChI=1S/C21H32N4O3/c1-16(26)25-10-6-5-7-18(25)17-8-9-19(22-15-17)23-11-13-24(14-12-23)20(27)28-21(2,3)4/h8-9,15,18H,5-7,10-14H2,1-4H3/t18-/m0/s1. The van der Waals surface area contributed by atoms with Gasteiger partial charge in [-0.15, -0.1) is 0 Å². The number of pyridine rings is 1. The zero-order valence-corrected chi connectivity index (χ0v) is 17.5. The maximum Gasteiger partial charge on any atom is 0.410 e. The molecule has 28 heavy (non-hydrogen) atoms. The van der Waals surface area contributed by atoms with Gasteiger partial charge in [-0.1, -0.05) is 6.07 Å². The number of carbonyl (C=O) groups excluding carboxylic acids is 2. The third-order valence-corrected chi connectivity index (χ3v) is 5.32. The van der Waals surface area contributed by atoms with E-state index in [4.69, 9.17) is 4.74 Å². The van der Waals surface area contributed by atoms with Crippen LogP contribution in [0.15, 0.2) is 18.3 Å². The van der Waals surface area contributed by atoms with Gasteiger partial charge in [0, 0.05) is 45.8 Å². The quantitative estimate of drug-likeness (QED) is 0.778. The summed E-state index contributed by atoms with van der Waals surface area (Å²) in [5, 5.41) is 0. The minimum atomic E-state index is -0.474. The number of amides is 2. The molecule has 0 bridgehead atoms. The van der Waals surface area contributed by atoms with Crippen LogP contribution in [0.4, 0.5) is 10.6 Å². The van der Waals surface area contributed by atoms with Crippen LogP contribution < -0.4 is 4.90 Å². The van der Waals surface area contributed by atoms with Gasteiger partial charge >= 0.3 is 6.09 Å². The molecule has 2 fully saturated rings. The van der Waals surface area contributed by atoms with E-state index in [1.807, 2.05) is 37.9 Å². The van der Waals surface area contributed by atoms with Crippen molar-refractivity contribution >= 4 is 17.8 Å². The Hall–Kier alpha value is -2.31. The van der Waals surface area contributed by atoms with Crippen molar-refractivity contribution in [3.8, 4) is 0 Å². The van der Waals surface area contributed by atoms with E-state index < -0.39 is 5.60 Å². The molecule has 1 atom stereocenters. The highest BCUT2D eigenvalue weighted by Gasteiger charge is 2.28. The molecule has 3 heterocycles. The molecule has 0 N–H and O–H groups in total. The van der Waals surface area contributed by atoms with Gasteiger partial charge in [-0.25, -0.2) is 9.78 Å². The van der Waals surface area contributed by atoms with E-state index in [1.54, 1.807) is 11.8 Å². The van der Waals surface area contributed by atoms with Gasteiger partial charge in [0.05, 0.1) is 6.04 Å². The van der Waals surface area contributed by atoms with Crippen molar-refractivity contribution in [1.82, 2.24) is 14.8 Å². The summed E-state index contributed by atoms with van der Waals surface area (Å²) in [5.41, 5.74) is 0.629. The fraction of sp³-hybridized carbons (Fsp3) is 0.667. The number of ether oxygens (including phenoxy) is 1. The van der Waals surface area contributed by atoms with Gasteiger partial charge in [0.25, 0.3) is 0 Å². The minimum Gasteiger partial charge on any atom is -0.444 e. The zero-order valence-electron chi connectivity index (χ0n) is 17.5. The Morgan fingerprint density at radius 3 is 2.36 bits per heavy atom. The topological polar surface area (TPSA) is 66.0 Å². The Bertz CT molecular complexity index is 691. The smallest absolute Gasteiger partial charge is 0.410 e. The Kier molecular flexibility index (Phi) is 6.10. The van der Waals surface area contributed by atoms with E-state index in [1.165, 1.54) is 0 Å².